The molecule has 0 aromatic heterocycles. The van der Waals surface area contributed by atoms with Gasteiger partial charge in [-0.3, -0.25) is 0 Å². The zero-order chi connectivity index (χ0) is 6.24. The molecule has 1 heteroatoms. The van der Waals surface area contributed by atoms with Gasteiger partial charge in [-0.2, -0.15) is 0 Å². The highest BCUT2D eigenvalue weighted by atomic mass is 32.2. The summed E-state index contributed by atoms with van der Waals surface area (Å²) in [5, 5.41) is 0. The van der Waals surface area contributed by atoms with Gasteiger partial charge >= 0.3 is 0 Å². The fourth-order valence-electron chi connectivity index (χ4n) is 0.267. The number of hydrogen-bond donors (Lipinski definition) is 0. The van der Waals surface area contributed by atoms with E-state index in [1.54, 1.807) is 6.08 Å². The molecule has 0 fully saturated rings. The first-order valence-corrected chi connectivity index (χ1v) is 3.74. The SMILES string of the molecule is C=CC#CCSCC. The maximum atomic E-state index is 3.48. The van der Waals surface area contributed by atoms with Gasteiger partial charge in [-0.05, 0) is 11.8 Å². The first-order chi connectivity index (χ1) is 3.91. The Labute approximate surface area is 55.4 Å². The van der Waals surface area contributed by atoms with Crippen LogP contribution < -0.4 is 0 Å². The van der Waals surface area contributed by atoms with Crippen LogP contribution in [0.5, 0.6) is 0 Å². The lowest BCUT2D eigenvalue weighted by Crippen LogP contribution is -1.70. The summed E-state index contributed by atoms with van der Waals surface area (Å²) in [5.74, 6) is 7.78. The molecule has 44 valence electrons. The Hall–Kier alpha value is -0.350. The third kappa shape index (κ3) is 5.65. The minimum absolute atomic E-state index is 0.933. The Morgan fingerprint density at radius 3 is 3.00 bits per heavy atom. The molecule has 0 unspecified atom stereocenters. The molecule has 0 N–H and O–H groups in total. The second kappa shape index (κ2) is 6.65. The summed E-state index contributed by atoms with van der Waals surface area (Å²) in [6, 6.07) is 0. The van der Waals surface area contributed by atoms with E-state index in [4.69, 9.17) is 0 Å². The lowest BCUT2D eigenvalue weighted by atomic mass is 10.6. The highest BCUT2D eigenvalue weighted by Crippen LogP contribution is 1.94. The van der Waals surface area contributed by atoms with Crippen LogP contribution in [0.15, 0.2) is 12.7 Å². The Balaban J connectivity index is 3.02. The van der Waals surface area contributed by atoms with Crippen molar-refractivity contribution < 1.29 is 0 Å². The first-order valence-electron chi connectivity index (χ1n) is 2.58. The van der Waals surface area contributed by atoms with Gasteiger partial charge in [0.05, 0.1) is 5.75 Å². The Morgan fingerprint density at radius 2 is 2.50 bits per heavy atom. The molecule has 0 saturated carbocycles. The van der Waals surface area contributed by atoms with Gasteiger partial charge in [-0.25, -0.2) is 0 Å². The van der Waals surface area contributed by atoms with Crippen molar-refractivity contribution in [1.29, 1.82) is 0 Å². The van der Waals surface area contributed by atoms with E-state index in [1.807, 2.05) is 11.8 Å². The van der Waals surface area contributed by atoms with Gasteiger partial charge in [0.1, 0.15) is 0 Å². The van der Waals surface area contributed by atoms with Crippen molar-refractivity contribution in [3.05, 3.63) is 12.7 Å². The monoisotopic (exact) mass is 126 g/mol. The summed E-state index contributed by atoms with van der Waals surface area (Å²) in [7, 11) is 0. The van der Waals surface area contributed by atoms with Crippen LogP contribution >= 0.6 is 11.8 Å². The van der Waals surface area contributed by atoms with Crippen LogP contribution in [0.2, 0.25) is 0 Å². The Morgan fingerprint density at radius 1 is 1.75 bits per heavy atom. The zero-order valence-corrected chi connectivity index (χ0v) is 5.92. The van der Waals surface area contributed by atoms with Crippen molar-refractivity contribution in [3.8, 4) is 11.8 Å². The minimum Gasteiger partial charge on any atom is -0.149 e. The third-order valence-corrected chi connectivity index (χ3v) is 1.34. The smallest absolute Gasteiger partial charge is 0.0550 e. The maximum Gasteiger partial charge on any atom is 0.0550 e. The average molecular weight is 126 g/mol. The molecule has 0 aromatic carbocycles. The molecule has 0 aliphatic heterocycles. The molecule has 0 spiro atoms. The van der Waals surface area contributed by atoms with E-state index in [-0.39, 0.29) is 0 Å². The highest BCUT2D eigenvalue weighted by Gasteiger charge is 1.72. The predicted molar refractivity (Wildman–Crippen MR) is 41.0 cm³/mol. The molecule has 0 aliphatic rings. The minimum atomic E-state index is 0.933. The normalized spacial score (nSPS) is 7.12. The zero-order valence-electron chi connectivity index (χ0n) is 5.11. The molecule has 0 heterocycles. The summed E-state index contributed by atoms with van der Waals surface area (Å²) in [5.41, 5.74) is 0. The first kappa shape index (κ1) is 7.65. The van der Waals surface area contributed by atoms with Crippen molar-refractivity contribution in [2.24, 2.45) is 0 Å². The fourth-order valence-corrected chi connectivity index (χ4v) is 0.656. The number of thioether (sulfide) groups is 1. The Bertz CT molecular complexity index is 105. The van der Waals surface area contributed by atoms with E-state index in [9.17, 15) is 0 Å². The van der Waals surface area contributed by atoms with E-state index < -0.39 is 0 Å². The van der Waals surface area contributed by atoms with Gasteiger partial charge < -0.3 is 0 Å². The van der Waals surface area contributed by atoms with Crippen molar-refractivity contribution in [2.75, 3.05) is 11.5 Å². The second-order valence-electron chi connectivity index (χ2n) is 1.16. The maximum absolute atomic E-state index is 3.48. The quantitative estimate of drug-likeness (QED) is 0.402. The number of rotatable bonds is 2. The van der Waals surface area contributed by atoms with E-state index in [0.29, 0.717) is 0 Å². The van der Waals surface area contributed by atoms with Gasteiger partial charge in [0.25, 0.3) is 0 Å². The van der Waals surface area contributed by atoms with Crippen LogP contribution in [-0.4, -0.2) is 11.5 Å². The molecule has 0 bridgehead atoms. The van der Waals surface area contributed by atoms with Crippen LogP contribution in [-0.2, 0) is 0 Å². The summed E-state index contributed by atoms with van der Waals surface area (Å²) < 4.78 is 0. The lowest BCUT2D eigenvalue weighted by Gasteiger charge is -1.81. The van der Waals surface area contributed by atoms with Crippen LogP contribution in [0.3, 0.4) is 0 Å². The summed E-state index contributed by atoms with van der Waals surface area (Å²) in [4.78, 5) is 0. The standard InChI is InChI=1S/C7H10S/c1-3-5-6-7-8-4-2/h3H,1,4,7H2,2H3. The van der Waals surface area contributed by atoms with E-state index in [0.717, 1.165) is 11.5 Å². The highest BCUT2D eigenvalue weighted by molar-refractivity contribution is 7.99. The van der Waals surface area contributed by atoms with Crippen LogP contribution in [0.4, 0.5) is 0 Å². The van der Waals surface area contributed by atoms with Crippen LogP contribution in [0.25, 0.3) is 0 Å². The molecule has 0 rings (SSSR count). The average Bonchev–Trinajstić information content (AvgIpc) is 1.81. The fraction of sp³-hybridized carbons (Fsp3) is 0.429. The van der Waals surface area contributed by atoms with Crippen molar-refractivity contribution in [3.63, 3.8) is 0 Å². The van der Waals surface area contributed by atoms with E-state index >= 15 is 0 Å². The van der Waals surface area contributed by atoms with E-state index in [2.05, 4.69) is 25.3 Å². The number of allylic oxidation sites excluding steroid dienone is 1. The van der Waals surface area contributed by atoms with Crippen LogP contribution in [0, 0.1) is 11.8 Å². The predicted octanol–water partition coefficient (Wildman–Crippen LogP) is 1.93. The lowest BCUT2D eigenvalue weighted by molar-refractivity contribution is 1.52. The van der Waals surface area contributed by atoms with Gasteiger partial charge in [0.2, 0.25) is 0 Å². The van der Waals surface area contributed by atoms with Gasteiger partial charge in [-0.1, -0.05) is 25.3 Å². The topological polar surface area (TPSA) is 0 Å². The molecule has 0 nitrogen and oxygen atoms in total. The third-order valence-electron chi connectivity index (χ3n) is 0.582. The molecule has 0 aliphatic carbocycles. The van der Waals surface area contributed by atoms with Gasteiger partial charge in [-0.15, -0.1) is 11.8 Å². The number of hydrogen-bond acceptors (Lipinski definition) is 1. The molecule has 8 heavy (non-hydrogen) atoms. The molecule has 0 aromatic rings. The summed E-state index contributed by atoms with van der Waals surface area (Å²) >= 11 is 1.83. The summed E-state index contributed by atoms with van der Waals surface area (Å²) in [6.07, 6.45) is 1.62. The summed E-state index contributed by atoms with van der Waals surface area (Å²) in [6.45, 7) is 5.60. The molecule has 0 saturated heterocycles. The van der Waals surface area contributed by atoms with Gasteiger partial charge in [0.15, 0.2) is 0 Å². The molecule has 0 radical (unpaired) electrons. The van der Waals surface area contributed by atoms with Gasteiger partial charge in [0, 0.05) is 0 Å². The van der Waals surface area contributed by atoms with Crippen molar-refractivity contribution in [1.82, 2.24) is 0 Å². The second-order valence-corrected chi connectivity index (χ2v) is 2.44. The molecular weight excluding hydrogens is 116 g/mol. The van der Waals surface area contributed by atoms with Crippen molar-refractivity contribution >= 4 is 11.8 Å². The largest absolute Gasteiger partial charge is 0.149 e. The van der Waals surface area contributed by atoms with E-state index in [1.165, 1.54) is 0 Å². The molecular formula is C7H10S. The molecule has 0 atom stereocenters. The molecule has 0 amide bonds. The van der Waals surface area contributed by atoms with Crippen LogP contribution in [0.1, 0.15) is 6.92 Å². The van der Waals surface area contributed by atoms with Crippen molar-refractivity contribution in [2.45, 2.75) is 6.92 Å². The Kier molecular flexibility index (Phi) is 6.36.